The van der Waals surface area contributed by atoms with Gasteiger partial charge in [0.1, 0.15) is 0 Å². The van der Waals surface area contributed by atoms with E-state index in [-0.39, 0.29) is 12.1 Å². The summed E-state index contributed by atoms with van der Waals surface area (Å²) < 4.78 is 37.3. The van der Waals surface area contributed by atoms with E-state index >= 15 is 0 Å². The molecular formula is C19H28N2O4S. The highest BCUT2D eigenvalue weighted by atomic mass is 32.2. The van der Waals surface area contributed by atoms with Crippen LogP contribution >= 0.6 is 0 Å². The number of ether oxygens (including phenoxy) is 2. The van der Waals surface area contributed by atoms with E-state index in [1.807, 2.05) is 0 Å². The molecule has 0 N–H and O–H groups in total. The summed E-state index contributed by atoms with van der Waals surface area (Å²) >= 11 is 0. The topological polar surface area (TPSA) is 59.1 Å². The molecule has 3 aliphatic heterocycles. The second kappa shape index (κ2) is 6.69. The quantitative estimate of drug-likeness (QED) is 0.803. The molecule has 0 radical (unpaired) electrons. The molecule has 144 valence electrons. The standard InChI is InChI=1S/C19H28N2O4S/c1-24-18-9-13-6-8-20-12-14-5-4-7-21(26(3,22)23)16(14)11-17(20)15(13)10-19(18)25-2/h9-10,14,16-17H,4-8,11-12H2,1-3H3/t14-,16+,17+/m1/s1. The Morgan fingerprint density at radius 3 is 2.54 bits per heavy atom. The molecule has 0 bridgehead atoms. The van der Waals surface area contributed by atoms with Crippen molar-refractivity contribution in [1.29, 1.82) is 0 Å². The van der Waals surface area contributed by atoms with Gasteiger partial charge in [-0.15, -0.1) is 0 Å². The first-order valence-corrected chi connectivity index (χ1v) is 11.2. The molecule has 0 aliphatic carbocycles. The lowest BCUT2D eigenvalue weighted by molar-refractivity contribution is 0.0221. The smallest absolute Gasteiger partial charge is 0.211 e. The first-order chi connectivity index (χ1) is 12.4. The van der Waals surface area contributed by atoms with Crippen molar-refractivity contribution in [2.24, 2.45) is 5.92 Å². The molecule has 6 nitrogen and oxygen atoms in total. The maximum absolute atomic E-state index is 12.3. The highest BCUT2D eigenvalue weighted by Crippen LogP contribution is 2.45. The minimum atomic E-state index is -3.16. The average molecular weight is 381 g/mol. The number of hydrogen-bond acceptors (Lipinski definition) is 5. The SMILES string of the molecule is COc1cc2c(cc1OC)[C@@H]1C[C@H]3[C@H](CCCN3S(C)(=O)=O)CN1CC2. The lowest BCUT2D eigenvalue weighted by Gasteiger charge is -2.51. The molecule has 0 aromatic heterocycles. The zero-order chi connectivity index (χ0) is 18.5. The van der Waals surface area contributed by atoms with E-state index in [9.17, 15) is 8.42 Å². The van der Waals surface area contributed by atoms with Crippen LogP contribution in [-0.4, -0.2) is 63.8 Å². The van der Waals surface area contributed by atoms with Crippen molar-refractivity contribution in [1.82, 2.24) is 9.21 Å². The van der Waals surface area contributed by atoms with Gasteiger partial charge >= 0.3 is 0 Å². The number of rotatable bonds is 3. The Hall–Kier alpha value is -1.31. The fraction of sp³-hybridized carbons (Fsp3) is 0.684. The van der Waals surface area contributed by atoms with Gasteiger partial charge in [-0.3, -0.25) is 4.90 Å². The van der Waals surface area contributed by atoms with E-state index in [0.717, 1.165) is 50.3 Å². The monoisotopic (exact) mass is 380 g/mol. The first-order valence-electron chi connectivity index (χ1n) is 9.38. The molecule has 3 atom stereocenters. The summed E-state index contributed by atoms with van der Waals surface area (Å²) in [5, 5.41) is 0. The summed E-state index contributed by atoms with van der Waals surface area (Å²) in [6, 6.07) is 4.55. The van der Waals surface area contributed by atoms with Crippen molar-refractivity contribution >= 4 is 10.0 Å². The van der Waals surface area contributed by atoms with Gasteiger partial charge in [-0.05, 0) is 54.9 Å². The van der Waals surface area contributed by atoms with Crippen molar-refractivity contribution in [3.63, 3.8) is 0 Å². The number of methoxy groups -OCH3 is 2. The summed E-state index contributed by atoms with van der Waals surface area (Å²) in [4.78, 5) is 2.54. The lowest BCUT2D eigenvalue weighted by atomic mass is 9.77. The van der Waals surface area contributed by atoms with E-state index in [0.29, 0.717) is 12.5 Å². The van der Waals surface area contributed by atoms with E-state index in [1.165, 1.54) is 17.4 Å². The van der Waals surface area contributed by atoms with Gasteiger partial charge in [-0.1, -0.05) is 0 Å². The molecule has 0 unspecified atom stereocenters. The highest BCUT2D eigenvalue weighted by Gasteiger charge is 2.45. The number of nitrogens with zero attached hydrogens (tertiary/aromatic N) is 2. The van der Waals surface area contributed by atoms with Gasteiger partial charge in [-0.2, -0.15) is 4.31 Å². The molecule has 2 fully saturated rings. The fourth-order valence-electron chi connectivity index (χ4n) is 5.14. The summed E-state index contributed by atoms with van der Waals surface area (Å²) in [6.07, 6.45) is 5.30. The van der Waals surface area contributed by atoms with Crippen molar-refractivity contribution in [3.8, 4) is 11.5 Å². The number of sulfonamides is 1. The molecular weight excluding hydrogens is 352 g/mol. The number of fused-ring (bicyclic) bond motifs is 4. The first kappa shape index (κ1) is 18.1. The number of benzene rings is 1. The second-order valence-corrected chi connectivity index (χ2v) is 9.68. The summed E-state index contributed by atoms with van der Waals surface area (Å²) in [5.74, 6) is 1.96. The minimum Gasteiger partial charge on any atom is -0.493 e. The Morgan fingerprint density at radius 2 is 1.85 bits per heavy atom. The van der Waals surface area contributed by atoms with Crippen molar-refractivity contribution in [2.75, 3.05) is 40.1 Å². The van der Waals surface area contributed by atoms with Crippen LogP contribution in [0.25, 0.3) is 0 Å². The van der Waals surface area contributed by atoms with Crippen LogP contribution in [-0.2, 0) is 16.4 Å². The van der Waals surface area contributed by atoms with Gasteiger partial charge < -0.3 is 9.47 Å². The molecule has 3 heterocycles. The van der Waals surface area contributed by atoms with Crippen LogP contribution in [0.2, 0.25) is 0 Å². The molecule has 26 heavy (non-hydrogen) atoms. The van der Waals surface area contributed by atoms with Crippen molar-refractivity contribution < 1.29 is 17.9 Å². The predicted molar refractivity (Wildman–Crippen MR) is 100 cm³/mol. The second-order valence-electron chi connectivity index (χ2n) is 7.75. The molecule has 4 rings (SSSR count). The Labute approximate surface area is 156 Å². The van der Waals surface area contributed by atoms with Gasteiger partial charge in [0.15, 0.2) is 11.5 Å². The summed E-state index contributed by atoms with van der Waals surface area (Å²) in [6.45, 7) is 2.66. The van der Waals surface area contributed by atoms with Crippen LogP contribution in [0.15, 0.2) is 12.1 Å². The lowest BCUT2D eigenvalue weighted by Crippen LogP contribution is -2.57. The zero-order valence-electron chi connectivity index (χ0n) is 15.8. The molecule has 0 saturated carbocycles. The van der Waals surface area contributed by atoms with E-state index in [1.54, 1.807) is 18.5 Å². The third-order valence-electron chi connectivity index (χ3n) is 6.34. The van der Waals surface area contributed by atoms with E-state index in [4.69, 9.17) is 9.47 Å². The highest BCUT2D eigenvalue weighted by molar-refractivity contribution is 7.88. The fourth-order valence-corrected chi connectivity index (χ4v) is 6.35. The molecule has 2 saturated heterocycles. The third-order valence-corrected chi connectivity index (χ3v) is 7.65. The molecule has 1 aromatic rings. The Morgan fingerprint density at radius 1 is 1.12 bits per heavy atom. The number of piperidine rings is 2. The Kier molecular flexibility index (Phi) is 4.65. The molecule has 0 amide bonds. The normalized spacial score (nSPS) is 29.4. The molecule has 1 aromatic carbocycles. The van der Waals surface area contributed by atoms with Crippen LogP contribution in [0.5, 0.6) is 11.5 Å². The van der Waals surface area contributed by atoms with Gasteiger partial charge in [0, 0.05) is 31.7 Å². The Balaban J connectivity index is 1.70. The molecule has 3 aliphatic rings. The van der Waals surface area contributed by atoms with Gasteiger partial charge in [0.25, 0.3) is 0 Å². The maximum atomic E-state index is 12.3. The molecule has 7 heteroatoms. The predicted octanol–water partition coefficient (Wildman–Crippen LogP) is 2.05. The number of hydrogen-bond donors (Lipinski definition) is 0. The van der Waals surface area contributed by atoms with Crippen LogP contribution in [0.3, 0.4) is 0 Å². The van der Waals surface area contributed by atoms with E-state index < -0.39 is 10.0 Å². The van der Waals surface area contributed by atoms with E-state index in [2.05, 4.69) is 17.0 Å². The minimum absolute atomic E-state index is 0.110. The van der Waals surface area contributed by atoms with Crippen LogP contribution in [0, 0.1) is 5.92 Å². The average Bonchev–Trinajstić information content (AvgIpc) is 2.63. The van der Waals surface area contributed by atoms with Gasteiger partial charge in [-0.25, -0.2) is 8.42 Å². The summed E-state index contributed by atoms with van der Waals surface area (Å²) in [7, 11) is 0.159. The van der Waals surface area contributed by atoms with Crippen LogP contribution in [0.1, 0.15) is 36.4 Å². The zero-order valence-corrected chi connectivity index (χ0v) is 16.6. The largest absolute Gasteiger partial charge is 0.493 e. The van der Waals surface area contributed by atoms with Gasteiger partial charge in [0.05, 0.1) is 20.5 Å². The van der Waals surface area contributed by atoms with Crippen LogP contribution < -0.4 is 9.47 Å². The Bertz CT molecular complexity index is 795. The van der Waals surface area contributed by atoms with Gasteiger partial charge in [0.2, 0.25) is 10.0 Å². The summed E-state index contributed by atoms with van der Waals surface area (Å²) in [5.41, 5.74) is 2.57. The third kappa shape index (κ3) is 3.00. The van der Waals surface area contributed by atoms with Crippen LogP contribution in [0.4, 0.5) is 0 Å². The maximum Gasteiger partial charge on any atom is 0.211 e. The molecule has 0 spiro atoms. The van der Waals surface area contributed by atoms with Crippen molar-refractivity contribution in [2.45, 2.75) is 37.8 Å². The van der Waals surface area contributed by atoms with Crippen molar-refractivity contribution in [3.05, 3.63) is 23.3 Å².